The van der Waals surface area contributed by atoms with E-state index in [4.69, 9.17) is 5.14 Å². The first kappa shape index (κ1) is 33.6. The van der Waals surface area contributed by atoms with Gasteiger partial charge in [0, 0.05) is 30.9 Å². The number of aromatic nitrogens is 4. The van der Waals surface area contributed by atoms with E-state index in [9.17, 15) is 21.6 Å². The number of aryl methyl sites for hydroxylation is 2. The van der Waals surface area contributed by atoms with Crippen molar-refractivity contribution >= 4 is 31.8 Å². The molecule has 0 radical (unpaired) electrons. The molecule has 0 bridgehead atoms. The SMILES string of the molecule is CN(C)Cc1cc(S(=O)(=O)NC(=O)Nc2c3c(cc4c2CCC4)CCC3)nn1C1CC1.CN(C)Cc1cc(S(N)(=O)=O)nn1C1CC1. The summed E-state index contributed by atoms with van der Waals surface area (Å²) in [5.41, 5.74) is 7.47. The first-order chi connectivity index (χ1) is 22.2. The minimum Gasteiger partial charge on any atom is -0.307 e. The number of nitrogens with one attached hydrogen (secondary N) is 2. The molecule has 2 fully saturated rings. The predicted octanol–water partition coefficient (Wildman–Crippen LogP) is 2.69. The smallest absolute Gasteiger partial charge is 0.307 e. The number of nitrogens with zero attached hydrogens (tertiary/aromatic N) is 6. The third-order valence-corrected chi connectivity index (χ3v) is 10.8. The van der Waals surface area contributed by atoms with Crippen molar-refractivity contribution in [3.63, 3.8) is 0 Å². The molecule has 7 rings (SSSR count). The van der Waals surface area contributed by atoms with Gasteiger partial charge in [-0.15, -0.1) is 0 Å². The molecule has 47 heavy (non-hydrogen) atoms. The van der Waals surface area contributed by atoms with Gasteiger partial charge in [-0.3, -0.25) is 9.36 Å². The molecule has 0 aliphatic heterocycles. The quantitative estimate of drug-likeness (QED) is 0.289. The average molecular weight is 688 g/mol. The summed E-state index contributed by atoms with van der Waals surface area (Å²) in [6, 6.07) is 5.30. The molecule has 14 nitrogen and oxygen atoms in total. The molecular formula is C31H45N9O5S2. The third kappa shape index (κ3) is 7.72. The van der Waals surface area contributed by atoms with E-state index >= 15 is 0 Å². The zero-order chi connectivity index (χ0) is 33.7. The van der Waals surface area contributed by atoms with Crippen molar-refractivity contribution in [2.24, 2.45) is 5.14 Å². The van der Waals surface area contributed by atoms with Crippen LogP contribution in [-0.4, -0.2) is 80.4 Å². The Hall–Kier alpha value is -3.31. The van der Waals surface area contributed by atoms with Crippen LogP contribution in [-0.2, 0) is 58.8 Å². The fraction of sp³-hybridized carbons (Fsp3) is 0.581. The Labute approximate surface area is 276 Å². The van der Waals surface area contributed by atoms with Gasteiger partial charge in [-0.05, 0) is 115 Å². The minimum absolute atomic E-state index is 0.0312. The minimum atomic E-state index is -4.06. The topological polar surface area (TPSA) is 178 Å². The Bertz CT molecular complexity index is 1860. The van der Waals surface area contributed by atoms with Gasteiger partial charge in [0.15, 0.2) is 10.1 Å². The van der Waals surface area contributed by atoms with Gasteiger partial charge in [0.25, 0.3) is 20.0 Å². The second kappa shape index (κ2) is 13.0. The van der Waals surface area contributed by atoms with Crippen LogP contribution in [0, 0.1) is 0 Å². The van der Waals surface area contributed by atoms with Gasteiger partial charge in [-0.25, -0.2) is 23.1 Å². The number of hydrogen-bond donors (Lipinski definition) is 3. The summed E-state index contributed by atoms with van der Waals surface area (Å²) in [5, 5.41) is 16.2. The molecule has 1 aromatic carbocycles. The summed E-state index contributed by atoms with van der Waals surface area (Å²) < 4.78 is 54.1. The molecule has 2 saturated carbocycles. The molecule has 2 aromatic heterocycles. The van der Waals surface area contributed by atoms with Crippen LogP contribution in [0.15, 0.2) is 28.3 Å². The molecule has 2 amide bonds. The number of amides is 2. The molecule has 0 saturated heterocycles. The van der Waals surface area contributed by atoms with Gasteiger partial charge in [0.05, 0.1) is 23.5 Å². The average Bonchev–Trinajstić information content (AvgIpc) is 3.77. The first-order valence-electron chi connectivity index (χ1n) is 16.2. The second-order valence-electron chi connectivity index (χ2n) is 13.6. The lowest BCUT2D eigenvalue weighted by molar-refractivity contribution is 0.256. The summed E-state index contributed by atoms with van der Waals surface area (Å²) in [6.45, 7) is 1.26. The van der Waals surface area contributed by atoms with Crippen LogP contribution < -0.4 is 15.2 Å². The molecule has 0 unspecified atom stereocenters. The van der Waals surface area contributed by atoms with Crippen LogP contribution in [0.5, 0.6) is 0 Å². The fourth-order valence-electron chi connectivity index (χ4n) is 6.52. The Balaban J connectivity index is 0.000000203. The van der Waals surface area contributed by atoms with Crippen LogP contribution in [0.1, 0.15) is 84.3 Å². The first-order valence-corrected chi connectivity index (χ1v) is 19.2. The van der Waals surface area contributed by atoms with Gasteiger partial charge >= 0.3 is 6.03 Å². The number of carbonyl (C=O) groups is 1. The molecule has 0 spiro atoms. The standard InChI is InChI=1S/C22H29N5O3S.C9H16N4O2S/c1-26(2)13-17-12-20(24-27(17)16-9-10-16)31(29,30)25-22(28)23-21-18-7-3-5-14(18)11-15-6-4-8-19(15)21;1-12(2)6-8-5-9(16(10,14)15)11-13(8)7-3-4-7/h11-12,16H,3-10,13H2,1-2H3,(H2,23,25,28);5,7H,3-4,6H2,1-2H3,(H2,10,14,15). The number of rotatable bonds is 10. The van der Waals surface area contributed by atoms with Crippen molar-refractivity contribution in [1.82, 2.24) is 34.1 Å². The molecule has 0 atom stereocenters. The molecule has 4 aliphatic carbocycles. The summed E-state index contributed by atoms with van der Waals surface area (Å²) in [5.74, 6) is 0. The van der Waals surface area contributed by atoms with Gasteiger partial charge in [-0.2, -0.15) is 18.6 Å². The summed E-state index contributed by atoms with van der Waals surface area (Å²) in [7, 11) is -0.0343. The molecule has 16 heteroatoms. The van der Waals surface area contributed by atoms with Crippen molar-refractivity contribution in [2.45, 2.75) is 99.4 Å². The van der Waals surface area contributed by atoms with Gasteiger partial charge < -0.3 is 15.1 Å². The van der Waals surface area contributed by atoms with Crippen molar-refractivity contribution in [2.75, 3.05) is 33.5 Å². The summed E-state index contributed by atoms with van der Waals surface area (Å²) >= 11 is 0. The van der Waals surface area contributed by atoms with E-state index in [0.717, 1.165) is 81.3 Å². The molecule has 4 aliphatic rings. The van der Waals surface area contributed by atoms with E-state index in [-0.39, 0.29) is 16.1 Å². The molecular weight excluding hydrogens is 643 g/mol. The molecule has 256 valence electrons. The maximum atomic E-state index is 12.9. The summed E-state index contributed by atoms with van der Waals surface area (Å²) in [4.78, 5) is 16.7. The van der Waals surface area contributed by atoms with E-state index in [1.54, 1.807) is 21.5 Å². The van der Waals surface area contributed by atoms with Gasteiger partial charge in [0.1, 0.15) is 0 Å². The highest BCUT2D eigenvalue weighted by Crippen LogP contribution is 2.39. The third-order valence-electron chi connectivity index (χ3n) is 8.83. The van der Waals surface area contributed by atoms with Crippen LogP contribution in [0.25, 0.3) is 0 Å². The number of urea groups is 1. The number of fused-ring (bicyclic) bond motifs is 2. The predicted molar refractivity (Wildman–Crippen MR) is 177 cm³/mol. The maximum absolute atomic E-state index is 12.9. The lowest BCUT2D eigenvalue weighted by Gasteiger charge is -2.16. The highest BCUT2D eigenvalue weighted by atomic mass is 32.2. The number of benzene rings is 1. The Morgan fingerprint density at radius 1 is 0.787 bits per heavy atom. The Morgan fingerprint density at radius 3 is 1.70 bits per heavy atom. The monoisotopic (exact) mass is 687 g/mol. The molecule has 3 aromatic rings. The lowest BCUT2D eigenvalue weighted by Crippen LogP contribution is -2.35. The van der Waals surface area contributed by atoms with Crippen molar-refractivity contribution in [1.29, 1.82) is 0 Å². The highest BCUT2D eigenvalue weighted by molar-refractivity contribution is 7.90. The van der Waals surface area contributed by atoms with E-state index < -0.39 is 26.1 Å². The zero-order valence-electron chi connectivity index (χ0n) is 27.5. The Kier molecular flexibility index (Phi) is 9.25. The van der Waals surface area contributed by atoms with Crippen molar-refractivity contribution in [3.05, 3.63) is 51.8 Å². The molecule has 4 N–H and O–H groups in total. The second-order valence-corrected chi connectivity index (χ2v) is 16.8. The largest absolute Gasteiger partial charge is 0.333 e. The normalized spacial score (nSPS) is 17.4. The molecule has 2 heterocycles. The number of anilines is 1. The summed E-state index contributed by atoms with van der Waals surface area (Å²) in [6.07, 6.45) is 10.1. The van der Waals surface area contributed by atoms with Crippen molar-refractivity contribution in [3.8, 4) is 0 Å². The van der Waals surface area contributed by atoms with E-state index in [1.807, 2.05) is 38.0 Å². The number of primary sulfonamides is 1. The maximum Gasteiger partial charge on any atom is 0.333 e. The highest BCUT2D eigenvalue weighted by Gasteiger charge is 2.32. The fourth-order valence-corrected chi connectivity index (χ4v) is 7.91. The van der Waals surface area contributed by atoms with Gasteiger partial charge in [0.2, 0.25) is 0 Å². The number of carbonyl (C=O) groups excluding carboxylic acids is 1. The van der Waals surface area contributed by atoms with E-state index in [2.05, 4.69) is 26.3 Å². The van der Waals surface area contributed by atoms with E-state index in [0.29, 0.717) is 19.1 Å². The number of sulfonamides is 2. The zero-order valence-corrected chi connectivity index (χ0v) is 29.1. The van der Waals surface area contributed by atoms with Gasteiger partial charge in [-0.1, -0.05) is 6.07 Å². The van der Waals surface area contributed by atoms with E-state index in [1.165, 1.54) is 22.3 Å². The van der Waals surface area contributed by atoms with Crippen LogP contribution >= 0.6 is 0 Å². The van der Waals surface area contributed by atoms with Crippen molar-refractivity contribution < 1.29 is 21.6 Å². The number of nitrogens with two attached hydrogens (primary N) is 1. The van der Waals surface area contributed by atoms with Crippen LogP contribution in [0.3, 0.4) is 0 Å². The van der Waals surface area contributed by atoms with Crippen LogP contribution in [0.4, 0.5) is 10.5 Å². The number of hydrogen-bond acceptors (Lipinski definition) is 9. The lowest BCUT2D eigenvalue weighted by atomic mass is 9.99. The van der Waals surface area contributed by atoms with Crippen LogP contribution in [0.2, 0.25) is 0 Å². The Morgan fingerprint density at radius 2 is 1.26 bits per heavy atom.